The second-order valence-corrected chi connectivity index (χ2v) is 10.9. The standard InChI is InChI=1S/C26H35F2N3O4S/c1-6-19(3)29-26(33)20(4)30(17-21-10-7-9-18(2)15-21)25(32)11-8-14-31(36(5,34)35)22-12-13-23(27)24(28)16-22/h7,9-10,12-13,15-16,19-20H,6,8,11,14,17H2,1-5H3,(H,29,33)/t19-,20-/m1/s1. The lowest BCUT2D eigenvalue weighted by atomic mass is 10.1. The van der Waals surface area contributed by atoms with Crippen LogP contribution in [-0.2, 0) is 26.2 Å². The monoisotopic (exact) mass is 523 g/mol. The smallest absolute Gasteiger partial charge is 0.242 e. The van der Waals surface area contributed by atoms with Crippen LogP contribution in [0.4, 0.5) is 14.5 Å². The molecule has 0 spiro atoms. The lowest BCUT2D eigenvalue weighted by Crippen LogP contribution is -2.49. The summed E-state index contributed by atoms with van der Waals surface area (Å²) in [6, 6.07) is 9.68. The van der Waals surface area contributed by atoms with Gasteiger partial charge in [-0.25, -0.2) is 17.2 Å². The lowest BCUT2D eigenvalue weighted by Gasteiger charge is -2.30. The Kier molecular flexibility index (Phi) is 10.4. The molecule has 0 saturated carbocycles. The van der Waals surface area contributed by atoms with Gasteiger partial charge in [0.25, 0.3) is 0 Å². The summed E-state index contributed by atoms with van der Waals surface area (Å²) in [5.41, 5.74) is 1.86. The Morgan fingerprint density at radius 3 is 2.33 bits per heavy atom. The molecule has 2 rings (SSSR count). The maximum atomic E-state index is 13.7. The van der Waals surface area contributed by atoms with Crippen LogP contribution in [0.15, 0.2) is 42.5 Å². The van der Waals surface area contributed by atoms with Gasteiger partial charge in [0.15, 0.2) is 11.6 Å². The van der Waals surface area contributed by atoms with E-state index >= 15 is 0 Å². The zero-order valence-corrected chi connectivity index (χ0v) is 22.2. The molecule has 7 nitrogen and oxygen atoms in total. The molecule has 2 amide bonds. The van der Waals surface area contributed by atoms with Crippen LogP contribution in [-0.4, -0.2) is 50.0 Å². The first-order chi connectivity index (χ1) is 16.8. The van der Waals surface area contributed by atoms with Gasteiger partial charge in [-0.05, 0) is 51.3 Å². The molecule has 198 valence electrons. The third-order valence-corrected chi connectivity index (χ3v) is 7.14. The molecular weight excluding hydrogens is 488 g/mol. The molecule has 2 aromatic carbocycles. The van der Waals surface area contributed by atoms with E-state index < -0.39 is 27.7 Å². The minimum absolute atomic E-state index is 0.0261. The third kappa shape index (κ3) is 8.29. The average Bonchev–Trinajstić information content (AvgIpc) is 2.80. The van der Waals surface area contributed by atoms with Gasteiger partial charge in [0.1, 0.15) is 6.04 Å². The molecule has 0 bridgehead atoms. The fraction of sp³-hybridized carbons (Fsp3) is 0.462. The fourth-order valence-electron chi connectivity index (χ4n) is 3.70. The van der Waals surface area contributed by atoms with Gasteiger partial charge in [-0.2, -0.15) is 0 Å². The van der Waals surface area contributed by atoms with Gasteiger partial charge in [0.05, 0.1) is 11.9 Å². The van der Waals surface area contributed by atoms with Crippen molar-refractivity contribution >= 4 is 27.5 Å². The highest BCUT2D eigenvalue weighted by Gasteiger charge is 2.27. The molecule has 2 aromatic rings. The number of benzene rings is 2. The van der Waals surface area contributed by atoms with Gasteiger partial charge in [-0.3, -0.25) is 13.9 Å². The van der Waals surface area contributed by atoms with Crippen molar-refractivity contribution in [2.45, 2.75) is 65.6 Å². The van der Waals surface area contributed by atoms with E-state index in [4.69, 9.17) is 0 Å². The third-order valence-electron chi connectivity index (χ3n) is 5.95. The number of nitrogens with one attached hydrogen (secondary N) is 1. The van der Waals surface area contributed by atoms with Crippen LogP contribution in [0.5, 0.6) is 0 Å². The normalized spacial score (nSPS) is 13.1. The quantitative estimate of drug-likeness (QED) is 0.453. The molecule has 0 aliphatic heterocycles. The summed E-state index contributed by atoms with van der Waals surface area (Å²) >= 11 is 0. The number of carbonyl (C=O) groups is 2. The van der Waals surface area contributed by atoms with E-state index in [-0.39, 0.29) is 49.5 Å². The molecule has 1 N–H and O–H groups in total. The van der Waals surface area contributed by atoms with E-state index in [1.807, 2.05) is 45.0 Å². The Bertz CT molecular complexity index is 1170. The minimum atomic E-state index is -3.81. The zero-order chi connectivity index (χ0) is 27.0. The van der Waals surface area contributed by atoms with E-state index in [2.05, 4.69) is 5.32 Å². The van der Waals surface area contributed by atoms with Crippen molar-refractivity contribution in [1.82, 2.24) is 10.2 Å². The fourth-order valence-corrected chi connectivity index (χ4v) is 4.66. The number of aryl methyl sites for hydroxylation is 1. The van der Waals surface area contributed by atoms with Gasteiger partial charge in [0.2, 0.25) is 21.8 Å². The summed E-state index contributed by atoms with van der Waals surface area (Å²) in [5, 5.41) is 2.90. The highest BCUT2D eigenvalue weighted by atomic mass is 32.2. The van der Waals surface area contributed by atoms with Crippen molar-refractivity contribution in [2.24, 2.45) is 0 Å². The highest BCUT2D eigenvalue weighted by Crippen LogP contribution is 2.22. The van der Waals surface area contributed by atoms with Crippen LogP contribution >= 0.6 is 0 Å². The number of halogens is 2. The highest BCUT2D eigenvalue weighted by molar-refractivity contribution is 7.92. The number of amides is 2. The van der Waals surface area contributed by atoms with Crippen LogP contribution in [0.3, 0.4) is 0 Å². The van der Waals surface area contributed by atoms with Crippen LogP contribution in [0.1, 0.15) is 51.2 Å². The van der Waals surface area contributed by atoms with Crippen molar-refractivity contribution in [3.05, 3.63) is 65.2 Å². The molecule has 0 aliphatic rings. The molecule has 0 saturated heterocycles. The van der Waals surface area contributed by atoms with Gasteiger partial charge in [0, 0.05) is 31.6 Å². The molecule has 2 atom stereocenters. The van der Waals surface area contributed by atoms with E-state index in [0.717, 1.165) is 40.2 Å². The first kappa shape index (κ1) is 29.2. The Labute approximate surface area is 212 Å². The molecular formula is C26H35F2N3O4S. The molecule has 0 unspecified atom stereocenters. The lowest BCUT2D eigenvalue weighted by molar-refractivity contribution is -0.140. The Morgan fingerprint density at radius 2 is 1.75 bits per heavy atom. The van der Waals surface area contributed by atoms with Crippen molar-refractivity contribution in [2.75, 3.05) is 17.1 Å². The second kappa shape index (κ2) is 12.8. The number of sulfonamides is 1. The van der Waals surface area contributed by atoms with Gasteiger partial charge < -0.3 is 10.2 Å². The number of hydrogen-bond donors (Lipinski definition) is 1. The van der Waals surface area contributed by atoms with Crippen molar-refractivity contribution in [3.63, 3.8) is 0 Å². The zero-order valence-electron chi connectivity index (χ0n) is 21.4. The second-order valence-electron chi connectivity index (χ2n) is 9.04. The van der Waals surface area contributed by atoms with Crippen molar-refractivity contribution in [1.29, 1.82) is 0 Å². The van der Waals surface area contributed by atoms with E-state index in [1.165, 1.54) is 11.0 Å². The van der Waals surface area contributed by atoms with Crippen LogP contribution in [0.25, 0.3) is 0 Å². The first-order valence-electron chi connectivity index (χ1n) is 11.9. The van der Waals surface area contributed by atoms with Crippen molar-refractivity contribution < 1.29 is 26.8 Å². The number of carbonyl (C=O) groups excluding carboxylic acids is 2. The molecule has 0 radical (unpaired) electrons. The van der Waals surface area contributed by atoms with E-state index in [0.29, 0.717) is 0 Å². The van der Waals surface area contributed by atoms with Crippen LogP contribution in [0, 0.1) is 18.6 Å². The first-order valence-corrected chi connectivity index (χ1v) is 13.8. The Hall–Kier alpha value is -3.01. The summed E-state index contributed by atoms with van der Waals surface area (Å²) in [4.78, 5) is 27.6. The van der Waals surface area contributed by atoms with Crippen LogP contribution < -0.4 is 9.62 Å². The van der Waals surface area contributed by atoms with E-state index in [1.54, 1.807) is 6.92 Å². The van der Waals surface area contributed by atoms with Crippen LogP contribution in [0.2, 0.25) is 0 Å². The number of nitrogens with zero attached hydrogens (tertiary/aromatic N) is 2. The number of hydrogen-bond acceptors (Lipinski definition) is 4. The number of rotatable bonds is 12. The summed E-state index contributed by atoms with van der Waals surface area (Å²) < 4.78 is 52.6. The molecule has 0 fully saturated rings. The molecule has 0 heterocycles. The predicted molar refractivity (Wildman–Crippen MR) is 137 cm³/mol. The summed E-state index contributed by atoms with van der Waals surface area (Å²) in [6.45, 7) is 7.54. The van der Waals surface area contributed by atoms with Gasteiger partial charge in [-0.15, -0.1) is 0 Å². The molecule has 0 aliphatic carbocycles. The Balaban J connectivity index is 2.19. The maximum absolute atomic E-state index is 13.7. The largest absolute Gasteiger partial charge is 0.352 e. The van der Waals surface area contributed by atoms with Crippen molar-refractivity contribution in [3.8, 4) is 0 Å². The minimum Gasteiger partial charge on any atom is -0.352 e. The topological polar surface area (TPSA) is 86.8 Å². The van der Waals surface area contributed by atoms with Gasteiger partial charge in [-0.1, -0.05) is 36.8 Å². The molecule has 36 heavy (non-hydrogen) atoms. The summed E-state index contributed by atoms with van der Waals surface area (Å²) in [6.07, 6.45) is 1.79. The summed E-state index contributed by atoms with van der Waals surface area (Å²) in [7, 11) is -3.81. The molecule has 0 aromatic heterocycles. The summed E-state index contributed by atoms with van der Waals surface area (Å²) in [5.74, 6) is -2.84. The SMILES string of the molecule is CC[C@@H](C)NC(=O)[C@@H](C)N(Cc1cccc(C)c1)C(=O)CCCN(c1ccc(F)c(F)c1)S(C)(=O)=O. The average molecular weight is 524 g/mol. The van der Waals surface area contributed by atoms with E-state index in [9.17, 15) is 26.8 Å². The number of anilines is 1. The predicted octanol–water partition coefficient (Wildman–Crippen LogP) is 4.15. The Morgan fingerprint density at radius 1 is 1.06 bits per heavy atom. The maximum Gasteiger partial charge on any atom is 0.242 e. The van der Waals surface area contributed by atoms with Gasteiger partial charge >= 0.3 is 0 Å². The molecule has 10 heteroatoms.